The first-order valence-corrected chi connectivity index (χ1v) is 8.91. The largest absolute Gasteiger partial charge is 0.497 e. The summed E-state index contributed by atoms with van der Waals surface area (Å²) in [5.41, 5.74) is 1.21. The molecule has 8 nitrogen and oxygen atoms in total. The van der Waals surface area contributed by atoms with Crippen molar-refractivity contribution >= 4 is 58.5 Å². The van der Waals surface area contributed by atoms with Crippen LogP contribution in [0.15, 0.2) is 23.2 Å². The van der Waals surface area contributed by atoms with Crippen LogP contribution in [0.4, 0.5) is 5.69 Å². The first-order chi connectivity index (χ1) is 12.8. The molecule has 1 aliphatic heterocycles. The van der Waals surface area contributed by atoms with Crippen molar-refractivity contribution in [2.45, 2.75) is 13.0 Å². The third-order valence-corrected chi connectivity index (χ3v) is 5.29. The molecule has 0 radical (unpaired) electrons. The van der Waals surface area contributed by atoms with Crippen LogP contribution in [0, 0.1) is 3.95 Å². The number of fused-ring (bicyclic) bond motifs is 1. The van der Waals surface area contributed by atoms with E-state index in [2.05, 4.69) is 4.99 Å². The van der Waals surface area contributed by atoms with E-state index >= 15 is 0 Å². The van der Waals surface area contributed by atoms with Gasteiger partial charge in [0, 0.05) is 23.7 Å². The molecule has 0 aliphatic carbocycles. The van der Waals surface area contributed by atoms with Crippen molar-refractivity contribution in [2.24, 2.45) is 4.99 Å². The molecule has 0 fully saturated rings. The number of hydrogen-bond acceptors (Lipinski definition) is 7. The summed E-state index contributed by atoms with van der Waals surface area (Å²) >= 11 is 6.24. The number of ether oxygens (including phenoxy) is 1. The molecule has 0 saturated heterocycles. The van der Waals surface area contributed by atoms with Gasteiger partial charge in [-0.15, -0.1) is 11.3 Å². The minimum absolute atomic E-state index is 0.0212. The summed E-state index contributed by atoms with van der Waals surface area (Å²) < 4.78 is 6.74. The third kappa shape index (κ3) is 3.62. The highest BCUT2D eigenvalue weighted by molar-refractivity contribution is 7.73. The van der Waals surface area contributed by atoms with E-state index in [4.69, 9.17) is 22.1 Å². The average Bonchev–Trinajstić information content (AvgIpc) is 3.11. The van der Waals surface area contributed by atoms with Crippen molar-refractivity contribution < 1.29 is 29.6 Å². The van der Waals surface area contributed by atoms with E-state index in [0.717, 1.165) is 11.3 Å². The molecule has 1 aromatic carbocycles. The van der Waals surface area contributed by atoms with E-state index in [1.54, 1.807) is 18.2 Å². The van der Waals surface area contributed by atoms with Crippen molar-refractivity contribution in [3.05, 3.63) is 32.6 Å². The van der Waals surface area contributed by atoms with Crippen molar-refractivity contribution in [1.29, 1.82) is 0 Å². The lowest BCUT2D eigenvalue weighted by molar-refractivity contribution is -0.137. The Morgan fingerprint density at radius 2 is 2.11 bits per heavy atom. The quantitative estimate of drug-likeness (QED) is 0.630. The maximum Gasteiger partial charge on any atom is 0.355 e. The van der Waals surface area contributed by atoms with Crippen LogP contribution >= 0.6 is 23.6 Å². The van der Waals surface area contributed by atoms with Gasteiger partial charge in [-0.25, -0.2) is 9.79 Å². The zero-order valence-corrected chi connectivity index (χ0v) is 15.6. The van der Waals surface area contributed by atoms with Crippen LogP contribution in [0.3, 0.4) is 0 Å². The number of carboxylic acids is 2. The van der Waals surface area contributed by atoms with Crippen LogP contribution in [-0.2, 0) is 16.1 Å². The van der Waals surface area contributed by atoms with Crippen molar-refractivity contribution in [3.8, 4) is 11.6 Å². The van der Waals surface area contributed by atoms with E-state index in [9.17, 15) is 19.8 Å². The summed E-state index contributed by atoms with van der Waals surface area (Å²) in [6.07, 6.45) is 1.30. The number of carboxylic acid groups (broad SMARTS) is 2. The minimum Gasteiger partial charge on any atom is -0.497 e. The molecule has 0 atom stereocenters. The van der Waals surface area contributed by atoms with Gasteiger partial charge in [0.1, 0.15) is 5.75 Å². The highest BCUT2D eigenvalue weighted by Crippen LogP contribution is 2.40. The second-order valence-corrected chi connectivity index (χ2v) is 7.23. The molecular weight excluding hydrogens is 392 g/mol. The molecule has 0 saturated carbocycles. The summed E-state index contributed by atoms with van der Waals surface area (Å²) in [4.78, 5) is 26.8. The van der Waals surface area contributed by atoms with Gasteiger partial charge in [0.15, 0.2) is 9.67 Å². The number of thiazole rings is 1. The van der Waals surface area contributed by atoms with Crippen LogP contribution in [0.25, 0.3) is 11.6 Å². The van der Waals surface area contributed by atoms with Gasteiger partial charge < -0.3 is 20.1 Å². The lowest BCUT2D eigenvalue weighted by Gasteiger charge is -2.05. The van der Waals surface area contributed by atoms with Crippen LogP contribution in [0.1, 0.15) is 16.9 Å². The molecule has 1 aliphatic rings. The summed E-state index contributed by atoms with van der Waals surface area (Å²) in [7, 11) is 1.50. The van der Waals surface area contributed by atoms with E-state index in [0.29, 0.717) is 31.4 Å². The molecule has 2 aromatic rings. The Labute approximate surface area is 162 Å². The number of aliphatic carboxylic acids is 2. The molecule has 1 aromatic heterocycles. The molecule has 140 valence electrons. The number of aromatic nitrogens is 1. The first-order valence-electron chi connectivity index (χ1n) is 7.68. The fraction of sp³-hybridized carbons (Fsp3) is 0.176. The summed E-state index contributed by atoms with van der Waals surface area (Å²) in [5.74, 6) is -1.88. The fourth-order valence-electron chi connectivity index (χ4n) is 2.62. The lowest BCUT2D eigenvalue weighted by atomic mass is 10.0. The highest BCUT2D eigenvalue weighted by Gasteiger charge is 2.27. The number of benzene rings is 1. The highest BCUT2D eigenvalue weighted by atomic mass is 32.1. The number of aliphatic imine (C=N–C) groups is 1. The maximum absolute atomic E-state index is 11.6. The van der Waals surface area contributed by atoms with Gasteiger partial charge >= 0.3 is 11.9 Å². The molecule has 3 rings (SSSR count). The number of hydrogen-bond donors (Lipinski definition) is 3. The molecule has 10 heteroatoms. The molecule has 3 N–H and O–H groups in total. The van der Waals surface area contributed by atoms with Gasteiger partial charge in [-0.1, -0.05) is 0 Å². The topological polar surface area (TPSA) is 121 Å². The Morgan fingerprint density at radius 1 is 1.37 bits per heavy atom. The zero-order chi connectivity index (χ0) is 19.7. The van der Waals surface area contributed by atoms with Crippen molar-refractivity contribution in [2.75, 3.05) is 7.11 Å². The third-order valence-electron chi connectivity index (χ3n) is 3.90. The van der Waals surface area contributed by atoms with Crippen molar-refractivity contribution in [3.63, 3.8) is 0 Å². The van der Waals surface area contributed by atoms with Crippen molar-refractivity contribution in [1.82, 2.24) is 4.57 Å². The molecular formula is C17H14N2O6S2. The Bertz CT molecular complexity index is 1060. The lowest BCUT2D eigenvalue weighted by Crippen LogP contribution is -2.11. The van der Waals surface area contributed by atoms with Gasteiger partial charge in [0.05, 0.1) is 24.1 Å². The van der Waals surface area contributed by atoms with Gasteiger partial charge in [-0.3, -0.25) is 9.36 Å². The summed E-state index contributed by atoms with van der Waals surface area (Å²) in [6.45, 7) is 0.0212. The molecule has 27 heavy (non-hydrogen) atoms. The number of nitrogens with zero attached hydrogens (tertiary/aromatic N) is 2. The number of aromatic hydroxyl groups is 1. The summed E-state index contributed by atoms with van der Waals surface area (Å²) in [5, 5.41) is 28.7. The standard InChI is InChI=1S/C17H14N2O6S2/c1-25-8-2-3-9-10(14(16(23)24)18-11(9)6-8)7-12-15(22)19(17(26)27-12)5-4-13(20)21/h2-3,6-7,22H,4-5H2,1H3,(H,20,21)(H,23,24). The number of rotatable bonds is 6. The zero-order valence-electron chi connectivity index (χ0n) is 14.0. The molecule has 0 spiro atoms. The monoisotopic (exact) mass is 406 g/mol. The average molecular weight is 406 g/mol. The second-order valence-electron chi connectivity index (χ2n) is 5.56. The van der Waals surface area contributed by atoms with E-state index in [-0.39, 0.29) is 24.6 Å². The fourth-order valence-corrected chi connectivity index (χ4v) is 3.92. The SMILES string of the molecule is COc1ccc2c(c1)N=C(C(=O)O)C2=Cc1sc(=S)n(CCC(=O)O)c1O. The van der Waals surface area contributed by atoms with E-state index in [1.807, 2.05) is 0 Å². The van der Waals surface area contributed by atoms with Gasteiger partial charge in [-0.2, -0.15) is 0 Å². The van der Waals surface area contributed by atoms with Gasteiger partial charge in [-0.05, 0) is 30.4 Å². The van der Waals surface area contributed by atoms with Gasteiger partial charge in [0.2, 0.25) is 5.88 Å². The van der Waals surface area contributed by atoms with E-state index in [1.165, 1.54) is 17.8 Å². The normalized spacial score (nSPS) is 14.1. The Hall–Kier alpha value is -2.98. The predicted octanol–water partition coefficient (Wildman–Crippen LogP) is 3.18. The van der Waals surface area contributed by atoms with Gasteiger partial charge in [0.25, 0.3) is 0 Å². The minimum atomic E-state index is -1.20. The second kappa shape index (κ2) is 7.33. The Morgan fingerprint density at radius 3 is 2.74 bits per heavy atom. The number of carbonyl (C=O) groups is 2. The molecule has 0 amide bonds. The Balaban J connectivity index is 2.08. The van der Waals surface area contributed by atoms with Crippen LogP contribution in [-0.4, -0.2) is 44.6 Å². The van der Waals surface area contributed by atoms with Crippen LogP contribution in [0.2, 0.25) is 0 Å². The molecule has 0 bridgehead atoms. The van der Waals surface area contributed by atoms with Crippen LogP contribution < -0.4 is 4.74 Å². The molecule has 0 unspecified atom stereocenters. The smallest absolute Gasteiger partial charge is 0.355 e. The van der Waals surface area contributed by atoms with E-state index < -0.39 is 11.9 Å². The van der Waals surface area contributed by atoms with Crippen LogP contribution in [0.5, 0.6) is 11.6 Å². The number of methoxy groups -OCH3 is 1. The Kier molecular flexibility index (Phi) is 5.10. The summed E-state index contributed by atoms with van der Waals surface area (Å²) in [6, 6.07) is 5.00. The molecule has 2 heterocycles. The first kappa shape index (κ1) is 18.8. The maximum atomic E-state index is 11.6. The predicted molar refractivity (Wildman–Crippen MR) is 103 cm³/mol.